The van der Waals surface area contributed by atoms with Crippen LogP contribution in [0.4, 0.5) is 0 Å². The Morgan fingerprint density at radius 3 is 1.25 bits per heavy atom. The Kier molecular flexibility index (Phi) is 8.50. The van der Waals surface area contributed by atoms with Crippen LogP contribution in [0, 0.1) is 24.0 Å². The van der Waals surface area contributed by atoms with E-state index < -0.39 is 0 Å². The Bertz CT molecular complexity index is 375. The van der Waals surface area contributed by atoms with Crippen molar-refractivity contribution >= 4 is 0 Å². The number of benzene rings is 2. The van der Waals surface area contributed by atoms with E-state index in [1.807, 2.05) is 60.7 Å². The van der Waals surface area contributed by atoms with Gasteiger partial charge in [0.25, 0.3) is 0 Å². The molecule has 2 aliphatic carbocycles. The van der Waals surface area contributed by atoms with E-state index in [2.05, 4.69) is 36.4 Å². The van der Waals surface area contributed by atoms with Crippen molar-refractivity contribution in [2.45, 2.75) is 6.42 Å². The van der Waals surface area contributed by atoms with Gasteiger partial charge in [0.15, 0.2) is 0 Å². The second-order valence-corrected chi connectivity index (χ2v) is 4.32. The molecular formula is C19H17Pt-3. The number of hydrogen-bond donors (Lipinski definition) is 0. The summed E-state index contributed by atoms with van der Waals surface area (Å²) in [5, 5.41) is 0. The zero-order chi connectivity index (χ0) is 13.2. The molecule has 0 atom stereocenters. The van der Waals surface area contributed by atoms with Gasteiger partial charge >= 0.3 is 0 Å². The Morgan fingerprint density at radius 2 is 1.15 bits per heavy atom. The minimum atomic E-state index is 0. The first-order chi connectivity index (χ1) is 9.45. The molecule has 0 fully saturated rings. The summed E-state index contributed by atoms with van der Waals surface area (Å²) in [6.07, 6.45) is 10.2. The van der Waals surface area contributed by atoms with Crippen molar-refractivity contribution in [2.24, 2.45) is 5.92 Å². The van der Waals surface area contributed by atoms with Crippen molar-refractivity contribution in [3.05, 3.63) is 103 Å². The molecule has 0 nitrogen and oxygen atoms in total. The van der Waals surface area contributed by atoms with Crippen LogP contribution in [-0.2, 0) is 21.1 Å². The van der Waals surface area contributed by atoms with Crippen LogP contribution in [-0.4, -0.2) is 0 Å². The van der Waals surface area contributed by atoms with Gasteiger partial charge in [0.2, 0.25) is 0 Å². The largest absolute Gasteiger partial charge is 0.184 e. The summed E-state index contributed by atoms with van der Waals surface area (Å²) in [6, 6.07) is 25.0. The number of allylic oxidation sites excluding steroid dienone is 4. The van der Waals surface area contributed by atoms with Gasteiger partial charge in [-0.1, -0.05) is 6.42 Å². The summed E-state index contributed by atoms with van der Waals surface area (Å²) in [7, 11) is 0. The van der Waals surface area contributed by atoms with Gasteiger partial charge in [-0.3, -0.25) is 0 Å². The summed E-state index contributed by atoms with van der Waals surface area (Å²) >= 11 is 0. The second kappa shape index (κ2) is 10.3. The third kappa shape index (κ3) is 6.59. The summed E-state index contributed by atoms with van der Waals surface area (Å²) in [4.78, 5) is 0. The van der Waals surface area contributed by atoms with Crippen molar-refractivity contribution in [1.29, 1.82) is 0 Å². The molecule has 2 bridgehead atoms. The van der Waals surface area contributed by atoms with Gasteiger partial charge in [0, 0.05) is 21.1 Å². The van der Waals surface area contributed by atoms with E-state index in [1.165, 1.54) is 12.3 Å². The fourth-order valence-electron chi connectivity index (χ4n) is 1.84. The molecule has 4 rings (SSSR count). The SMILES string of the molecule is C1=CC2C=C[C-]1C2.[Pt].[c-]1ccccc1.[c-]1ccccc1. The van der Waals surface area contributed by atoms with Crippen molar-refractivity contribution in [3.63, 3.8) is 0 Å². The van der Waals surface area contributed by atoms with Gasteiger partial charge in [-0.2, -0.15) is 103 Å². The molecule has 0 unspecified atom stereocenters. The molecular weight excluding hydrogens is 423 g/mol. The molecule has 0 radical (unpaired) electrons. The first-order valence-electron chi connectivity index (χ1n) is 6.49. The maximum atomic E-state index is 2.89. The van der Waals surface area contributed by atoms with E-state index in [0.717, 1.165) is 5.92 Å². The molecule has 106 valence electrons. The maximum Gasteiger partial charge on any atom is 0 e. The monoisotopic (exact) mass is 440 g/mol. The fraction of sp³-hybridized carbons (Fsp3) is 0.105. The Labute approximate surface area is 136 Å². The number of hydrogen-bond acceptors (Lipinski definition) is 0. The summed E-state index contributed by atoms with van der Waals surface area (Å²) in [5.41, 5.74) is 0. The number of fused-ring (bicyclic) bond motifs is 2. The molecule has 0 heterocycles. The van der Waals surface area contributed by atoms with Gasteiger partial charge in [-0.05, 0) is 0 Å². The topological polar surface area (TPSA) is 0 Å². The molecule has 0 aliphatic heterocycles. The Morgan fingerprint density at radius 1 is 0.700 bits per heavy atom. The molecule has 0 spiro atoms. The van der Waals surface area contributed by atoms with Crippen LogP contribution in [0.15, 0.2) is 85.0 Å². The van der Waals surface area contributed by atoms with Crippen molar-refractivity contribution in [2.75, 3.05) is 0 Å². The van der Waals surface area contributed by atoms with Gasteiger partial charge in [-0.15, -0.1) is 5.92 Å². The number of rotatable bonds is 0. The molecule has 2 aliphatic rings. The van der Waals surface area contributed by atoms with E-state index in [-0.39, 0.29) is 21.1 Å². The molecule has 0 saturated heterocycles. The van der Waals surface area contributed by atoms with Crippen molar-refractivity contribution < 1.29 is 21.1 Å². The second-order valence-electron chi connectivity index (χ2n) is 4.32. The predicted octanol–water partition coefficient (Wildman–Crippen LogP) is 4.68. The summed E-state index contributed by atoms with van der Waals surface area (Å²) in [5.74, 6) is 2.28. The van der Waals surface area contributed by atoms with E-state index >= 15 is 0 Å². The first-order valence-corrected chi connectivity index (χ1v) is 6.49. The van der Waals surface area contributed by atoms with E-state index in [9.17, 15) is 0 Å². The quantitative estimate of drug-likeness (QED) is 0.522. The van der Waals surface area contributed by atoms with Crippen LogP contribution >= 0.6 is 0 Å². The minimum Gasteiger partial charge on any atom is -0.184 e. The van der Waals surface area contributed by atoms with Crippen LogP contribution in [0.1, 0.15) is 6.42 Å². The molecule has 2 aromatic rings. The van der Waals surface area contributed by atoms with Crippen molar-refractivity contribution in [1.82, 2.24) is 0 Å². The van der Waals surface area contributed by atoms with E-state index in [4.69, 9.17) is 0 Å². The predicted molar refractivity (Wildman–Crippen MR) is 80.2 cm³/mol. The summed E-state index contributed by atoms with van der Waals surface area (Å²) < 4.78 is 0. The average molecular weight is 440 g/mol. The fourth-order valence-corrected chi connectivity index (χ4v) is 1.84. The van der Waals surface area contributed by atoms with Gasteiger partial charge in [0.1, 0.15) is 0 Å². The standard InChI is InChI=1S/C7H7.2C6H5.Pt/c1-2-7-4-3-6(1)5-7;2*1-2-4-6-5-3-1;/h1-4,6H,5H2;2*1-5H;/q3*-1;. The molecule has 0 saturated carbocycles. The van der Waals surface area contributed by atoms with Crippen LogP contribution < -0.4 is 0 Å². The zero-order valence-corrected chi connectivity index (χ0v) is 13.5. The van der Waals surface area contributed by atoms with E-state index in [1.54, 1.807) is 0 Å². The Balaban J connectivity index is 0.000000147. The summed E-state index contributed by atoms with van der Waals surface area (Å²) in [6.45, 7) is 0. The van der Waals surface area contributed by atoms with Gasteiger partial charge in [0.05, 0.1) is 0 Å². The molecule has 1 heteroatoms. The van der Waals surface area contributed by atoms with Gasteiger partial charge in [-0.25, -0.2) is 0 Å². The third-order valence-corrected chi connectivity index (χ3v) is 2.80. The van der Waals surface area contributed by atoms with Crippen LogP contribution in [0.25, 0.3) is 0 Å². The maximum absolute atomic E-state index is 2.89. The van der Waals surface area contributed by atoms with Crippen LogP contribution in [0.2, 0.25) is 0 Å². The molecule has 0 N–H and O–H groups in total. The third-order valence-electron chi connectivity index (χ3n) is 2.80. The minimum absolute atomic E-state index is 0. The smallest absolute Gasteiger partial charge is 0 e. The van der Waals surface area contributed by atoms with Crippen LogP contribution in [0.3, 0.4) is 0 Å². The first kappa shape index (κ1) is 16.5. The molecule has 2 aromatic carbocycles. The van der Waals surface area contributed by atoms with Crippen LogP contribution in [0.5, 0.6) is 0 Å². The van der Waals surface area contributed by atoms with Gasteiger partial charge < -0.3 is 0 Å². The average Bonchev–Trinajstić information content (AvgIpc) is 3.17. The Hall–Kier alpha value is -1.52. The van der Waals surface area contributed by atoms with Crippen molar-refractivity contribution in [3.8, 4) is 0 Å². The molecule has 0 aromatic heterocycles. The van der Waals surface area contributed by atoms with E-state index in [0.29, 0.717) is 0 Å². The molecule has 0 amide bonds. The normalized spacial score (nSPS) is 13.7. The molecule has 20 heavy (non-hydrogen) atoms. The zero-order valence-electron chi connectivity index (χ0n) is 11.2.